The van der Waals surface area contributed by atoms with Crippen LogP contribution in [0, 0.1) is 0 Å². The largest absolute Gasteiger partial charge is 0.379 e. The summed E-state index contributed by atoms with van der Waals surface area (Å²) in [5.41, 5.74) is 0.902. The molecule has 27 heavy (non-hydrogen) atoms. The molecule has 0 bridgehead atoms. The van der Waals surface area contributed by atoms with Gasteiger partial charge in [0.2, 0.25) is 10.0 Å². The fraction of sp³-hybridized carbons (Fsp3) is 0.312. The van der Waals surface area contributed by atoms with Crippen molar-refractivity contribution in [1.82, 2.24) is 19.4 Å². The molecule has 1 fully saturated rings. The molecule has 4 heterocycles. The van der Waals surface area contributed by atoms with E-state index < -0.39 is 10.0 Å². The molecule has 0 aliphatic carbocycles. The zero-order valence-corrected chi connectivity index (χ0v) is 16.6. The summed E-state index contributed by atoms with van der Waals surface area (Å²) in [4.78, 5) is 8.79. The van der Waals surface area contributed by atoms with E-state index in [1.165, 1.54) is 22.3 Å². The Kier molecular flexibility index (Phi) is 5.55. The van der Waals surface area contributed by atoms with Gasteiger partial charge in [0.25, 0.3) is 5.89 Å². The Morgan fingerprint density at radius 3 is 2.78 bits per heavy atom. The van der Waals surface area contributed by atoms with E-state index in [0.29, 0.717) is 48.8 Å². The molecule has 142 valence electrons. The number of thiophene rings is 1. The summed E-state index contributed by atoms with van der Waals surface area (Å²) in [6.45, 7) is 1.56. The van der Waals surface area contributed by atoms with Crippen molar-refractivity contribution in [2.45, 2.75) is 15.7 Å². The van der Waals surface area contributed by atoms with Crippen molar-refractivity contribution in [3.63, 3.8) is 0 Å². The third-order valence-electron chi connectivity index (χ3n) is 3.90. The normalized spacial score (nSPS) is 15.9. The highest BCUT2D eigenvalue weighted by Crippen LogP contribution is 2.25. The van der Waals surface area contributed by atoms with Gasteiger partial charge in [-0.1, -0.05) is 16.9 Å². The molecular formula is C16H16N4O4S3. The van der Waals surface area contributed by atoms with Gasteiger partial charge in [0.05, 0.1) is 29.6 Å². The number of ether oxygens (including phenoxy) is 1. The SMILES string of the molecule is O=S(=O)(c1ccc(SCc2noc(-c3ccsc3)n2)nc1)N1CCOCC1. The molecule has 0 radical (unpaired) electrons. The van der Waals surface area contributed by atoms with Gasteiger partial charge in [0.1, 0.15) is 4.90 Å². The smallest absolute Gasteiger partial charge is 0.258 e. The number of nitrogens with zero attached hydrogens (tertiary/aromatic N) is 4. The van der Waals surface area contributed by atoms with E-state index in [1.54, 1.807) is 23.5 Å². The maximum atomic E-state index is 12.6. The van der Waals surface area contributed by atoms with Gasteiger partial charge in [-0.2, -0.15) is 20.6 Å². The Bertz CT molecular complexity index is 981. The second kappa shape index (κ2) is 8.07. The maximum absolute atomic E-state index is 12.6. The van der Waals surface area contributed by atoms with E-state index in [1.807, 2.05) is 16.8 Å². The van der Waals surface area contributed by atoms with Crippen molar-refractivity contribution in [2.24, 2.45) is 0 Å². The van der Waals surface area contributed by atoms with Crippen LogP contribution in [0.2, 0.25) is 0 Å². The Balaban J connectivity index is 1.39. The molecule has 0 spiro atoms. The van der Waals surface area contributed by atoms with Gasteiger partial charge < -0.3 is 9.26 Å². The predicted octanol–water partition coefficient (Wildman–Crippen LogP) is 2.51. The third-order valence-corrected chi connectivity index (χ3v) is 7.41. The Morgan fingerprint density at radius 2 is 2.07 bits per heavy atom. The topological polar surface area (TPSA) is 98.4 Å². The summed E-state index contributed by atoms with van der Waals surface area (Å²) in [5, 5.41) is 8.55. The number of thioether (sulfide) groups is 1. The zero-order valence-electron chi connectivity index (χ0n) is 14.1. The summed E-state index contributed by atoms with van der Waals surface area (Å²) in [5.74, 6) is 1.54. The highest BCUT2D eigenvalue weighted by molar-refractivity contribution is 7.98. The molecule has 11 heteroatoms. The van der Waals surface area contributed by atoms with Crippen LogP contribution in [0.25, 0.3) is 11.5 Å². The molecule has 0 amide bonds. The van der Waals surface area contributed by atoms with Crippen molar-refractivity contribution in [3.05, 3.63) is 41.0 Å². The number of aromatic nitrogens is 3. The van der Waals surface area contributed by atoms with Gasteiger partial charge in [-0.3, -0.25) is 0 Å². The lowest BCUT2D eigenvalue weighted by atomic mass is 10.3. The highest BCUT2D eigenvalue weighted by Gasteiger charge is 2.26. The van der Waals surface area contributed by atoms with E-state index in [2.05, 4.69) is 15.1 Å². The van der Waals surface area contributed by atoms with E-state index in [4.69, 9.17) is 9.26 Å². The first-order valence-corrected chi connectivity index (χ1v) is 11.5. The first kappa shape index (κ1) is 18.6. The first-order valence-electron chi connectivity index (χ1n) is 8.15. The van der Waals surface area contributed by atoms with Crippen LogP contribution < -0.4 is 0 Å². The number of morpholine rings is 1. The van der Waals surface area contributed by atoms with Crippen LogP contribution in [0.15, 0.2) is 49.6 Å². The molecular weight excluding hydrogens is 408 g/mol. The Hall–Kier alpha value is -1.79. The second-order valence-corrected chi connectivity index (χ2v) is 9.38. The molecule has 0 N–H and O–H groups in total. The molecule has 0 atom stereocenters. The van der Waals surface area contributed by atoms with E-state index in [9.17, 15) is 8.42 Å². The van der Waals surface area contributed by atoms with Gasteiger partial charge in [-0.15, -0.1) is 0 Å². The van der Waals surface area contributed by atoms with Crippen LogP contribution in [0.4, 0.5) is 0 Å². The standard InChI is InChI=1S/C16H16N4O4S3/c21-27(22,20-4-6-23-7-5-20)13-1-2-15(17-9-13)26-11-14-18-16(24-19-14)12-3-8-25-10-12/h1-3,8-10H,4-7,11H2. The van der Waals surface area contributed by atoms with Crippen LogP contribution in [-0.2, 0) is 20.5 Å². The monoisotopic (exact) mass is 424 g/mol. The highest BCUT2D eigenvalue weighted by atomic mass is 32.2. The lowest BCUT2D eigenvalue weighted by Crippen LogP contribution is -2.40. The summed E-state index contributed by atoms with van der Waals surface area (Å²) in [6, 6.07) is 5.19. The van der Waals surface area contributed by atoms with Crippen molar-refractivity contribution in [2.75, 3.05) is 26.3 Å². The van der Waals surface area contributed by atoms with Crippen LogP contribution in [0.1, 0.15) is 5.82 Å². The molecule has 8 nitrogen and oxygen atoms in total. The van der Waals surface area contributed by atoms with Gasteiger partial charge in [-0.25, -0.2) is 13.4 Å². The molecule has 1 aliphatic rings. The van der Waals surface area contributed by atoms with Gasteiger partial charge >= 0.3 is 0 Å². The number of sulfonamides is 1. The number of rotatable bonds is 6. The lowest BCUT2D eigenvalue weighted by Gasteiger charge is -2.25. The quantitative estimate of drug-likeness (QED) is 0.557. The van der Waals surface area contributed by atoms with Crippen molar-refractivity contribution >= 4 is 33.1 Å². The summed E-state index contributed by atoms with van der Waals surface area (Å²) in [7, 11) is -3.52. The van der Waals surface area contributed by atoms with Crippen LogP contribution in [0.3, 0.4) is 0 Å². The summed E-state index contributed by atoms with van der Waals surface area (Å²) >= 11 is 2.98. The summed E-state index contributed by atoms with van der Waals surface area (Å²) in [6.07, 6.45) is 1.39. The molecule has 1 aliphatic heterocycles. The van der Waals surface area contributed by atoms with E-state index in [0.717, 1.165) is 5.56 Å². The number of hydrogen-bond acceptors (Lipinski definition) is 9. The van der Waals surface area contributed by atoms with Crippen molar-refractivity contribution in [1.29, 1.82) is 0 Å². The Labute approximate surface area is 164 Å². The fourth-order valence-electron chi connectivity index (χ4n) is 2.50. The van der Waals surface area contributed by atoms with Gasteiger partial charge in [0, 0.05) is 24.7 Å². The Morgan fingerprint density at radius 1 is 1.22 bits per heavy atom. The number of hydrogen-bond donors (Lipinski definition) is 0. The summed E-state index contributed by atoms with van der Waals surface area (Å²) < 4.78 is 37.0. The maximum Gasteiger partial charge on any atom is 0.258 e. The molecule has 4 rings (SSSR count). The first-order chi connectivity index (χ1) is 13.1. The lowest BCUT2D eigenvalue weighted by molar-refractivity contribution is 0.0730. The second-order valence-electron chi connectivity index (χ2n) is 5.67. The van der Waals surface area contributed by atoms with Crippen molar-refractivity contribution in [3.8, 4) is 11.5 Å². The zero-order chi connectivity index (χ0) is 18.7. The minimum Gasteiger partial charge on any atom is -0.379 e. The minimum absolute atomic E-state index is 0.188. The molecule has 1 saturated heterocycles. The van der Waals surface area contributed by atoms with Gasteiger partial charge in [-0.05, 0) is 23.6 Å². The van der Waals surface area contributed by atoms with Crippen molar-refractivity contribution < 1.29 is 17.7 Å². The van der Waals surface area contributed by atoms with Crippen LogP contribution in [-0.4, -0.2) is 54.2 Å². The molecule has 0 unspecified atom stereocenters. The van der Waals surface area contributed by atoms with Crippen LogP contribution >= 0.6 is 23.1 Å². The molecule has 0 aromatic carbocycles. The predicted molar refractivity (Wildman–Crippen MR) is 101 cm³/mol. The van der Waals surface area contributed by atoms with Crippen LogP contribution in [0.5, 0.6) is 0 Å². The van der Waals surface area contributed by atoms with E-state index in [-0.39, 0.29) is 4.90 Å². The minimum atomic E-state index is -3.52. The van der Waals surface area contributed by atoms with Gasteiger partial charge in [0.15, 0.2) is 5.82 Å². The number of pyridine rings is 1. The average Bonchev–Trinajstić information content (AvgIpc) is 3.39. The molecule has 3 aromatic rings. The average molecular weight is 425 g/mol. The molecule has 3 aromatic heterocycles. The van der Waals surface area contributed by atoms with E-state index >= 15 is 0 Å². The molecule has 0 saturated carbocycles. The third kappa shape index (κ3) is 4.22. The fourth-order valence-corrected chi connectivity index (χ4v) is 5.16.